The molecule has 1 atom stereocenters. The van der Waals surface area contributed by atoms with Crippen LogP contribution in [0.2, 0.25) is 0 Å². The van der Waals surface area contributed by atoms with Gasteiger partial charge in [-0.3, -0.25) is 9.59 Å². The van der Waals surface area contributed by atoms with Gasteiger partial charge in [0.1, 0.15) is 0 Å². The molecule has 0 fully saturated rings. The Balaban J connectivity index is 2.73. The summed E-state index contributed by atoms with van der Waals surface area (Å²) in [5, 5.41) is 9.00. The summed E-state index contributed by atoms with van der Waals surface area (Å²) in [6, 6.07) is 3.84. The van der Waals surface area contributed by atoms with Crippen LogP contribution in [0.3, 0.4) is 0 Å². The number of carbonyl (C=O) groups excluding carboxylic acids is 1. The zero-order valence-electron chi connectivity index (χ0n) is 9.93. The highest BCUT2D eigenvalue weighted by molar-refractivity contribution is 7.12. The minimum atomic E-state index is -1.13. The molecular formula is C12H16O4S. The number of carboxylic acid groups (broad SMARTS) is 1. The molecule has 0 aliphatic heterocycles. The third kappa shape index (κ3) is 3.85. The Hall–Kier alpha value is -1.36. The summed E-state index contributed by atoms with van der Waals surface area (Å²) in [5.41, 5.74) is 0. The summed E-state index contributed by atoms with van der Waals surface area (Å²) in [6.07, 6.45) is 1.13. The van der Waals surface area contributed by atoms with Crippen molar-refractivity contribution in [2.75, 3.05) is 6.61 Å². The first-order valence-electron chi connectivity index (χ1n) is 5.55. The molecule has 0 aliphatic rings. The summed E-state index contributed by atoms with van der Waals surface area (Å²) < 4.78 is 4.76. The SMILES string of the molecule is CCOC(=O)C(Cc1ccc(CC)s1)C(=O)O. The lowest BCUT2D eigenvalue weighted by Gasteiger charge is -2.09. The zero-order valence-corrected chi connectivity index (χ0v) is 10.8. The molecule has 5 heteroatoms. The number of thiophene rings is 1. The lowest BCUT2D eigenvalue weighted by atomic mass is 10.1. The number of hydrogen-bond donors (Lipinski definition) is 1. The molecule has 1 heterocycles. The molecule has 1 rings (SSSR count). The maximum Gasteiger partial charge on any atom is 0.320 e. The second-order valence-electron chi connectivity index (χ2n) is 3.57. The van der Waals surface area contributed by atoms with Crippen molar-refractivity contribution in [2.45, 2.75) is 26.7 Å². The molecule has 17 heavy (non-hydrogen) atoms. The van der Waals surface area contributed by atoms with Gasteiger partial charge in [-0.2, -0.15) is 0 Å². The smallest absolute Gasteiger partial charge is 0.320 e. The van der Waals surface area contributed by atoms with Crippen LogP contribution in [0.4, 0.5) is 0 Å². The molecule has 1 aromatic heterocycles. The van der Waals surface area contributed by atoms with E-state index in [4.69, 9.17) is 9.84 Å². The van der Waals surface area contributed by atoms with Crippen LogP contribution in [0.5, 0.6) is 0 Å². The van der Waals surface area contributed by atoms with Crippen molar-refractivity contribution in [3.05, 3.63) is 21.9 Å². The highest BCUT2D eigenvalue weighted by Gasteiger charge is 2.28. The minimum Gasteiger partial charge on any atom is -0.481 e. The monoisotopic (exact) mass is 256 g/mol. The van der Waals surface area contributed by atoms with Gasteiger partial charge in [-0.15, -0.1) is 11.3 Å². The predicted octanol–water partition coefficient (Wildman–Crippen LogP) is 2.12. The fourth-order valence-corrected chi connectivity index (χ4v) is 2.44. The van der Waals surface area contributed by atoms with Crippen molar-refractivity contribution in [2.24, 2.45) is 5.92 Å². The van der Waals surface area contributed by atoms with E-state index in [0.717, 1.165) is 11.3 Å². The molecule has 0 aliphatic carbocycles. The summed E-state index contributed by atoms with van der Waals surface area (Å²) in [7, 11) is 0. The van der Waals surface area contributed by atoms with Gasteiger partial charge in [-0.1, -0.05) is 6.92 Å². The maximum atomic E-state index is 11.5. The molecule has 1 N–H and O–H groups in total. The molecule has 0 spiro atoms. The summed E-state index contributed by atoms with van der Waals surface area (Å²) in [4.78, 5) is 24.6. The van der Waals surface area contributed by atoms with Gasteiger partial charge in [-0.25, -0.2) is 0 Å². The van der Waals surface area contributed by atoms with Gasteiger partial charge in [0, 0.05) is 16.2 Å². The first kappa shape index (κ1) is 13.7. The van der Waals surface area contributed by atoms with Crippen molar-refractivity contribution >= 4 is 23.3 Å². The molecular weight excluding hydrogens is 240 g/mol. The van der Waals surface area contributed by atoms with E-state index in [9.17, 15) is 9.59 Å². The molecule has 1 aromatic rings. The number of rotatable bonds is 6. The van der Waals surface area contributed by atoms with Crippen LogP contribution in [-0.4, -0.2) is 23.7 Å². The molecule has 4 nitrogen and oxygen atoms in total. The van der Waals surface area contributed by atoms with E-state index in [1.807, 2.05) is 19.1 Å². The maximum absolute atomic E-state index is 11.5. The van der Waals surface area contributed by atoms with Crippen LogP contribution >= 0.6 is 11.3 Å². The highest BCUT2D eigenvalue weighted by atomic mass is 32.1. The molecule has 1 unspecified atom stereocenters. The van der Waals surface area contributed by atoms with Crippen LogP contribution < -0.4 is 0 Å². The largest absolute Gasteiger partial charge is 0.481 e. The second kappa shape index (κ2) is 6.39. The number of ether oxygens (including phenoxy) is 1. The first-order chi connectivity index (χ1) is 8.08. The second-order valence-corrected chi connectivity index (χ2v) is 4.82. The molecule has 0 radical (unpaired) electrons. The number of esters is 1. The molecule has 0 saturated heterocycles. The van der Waals surface area contributed by atoms with Crippen molar-refractivity contribution in [3.8, 4) is 0 Å². The summed E-state index contributed by atoms with van der Waals surface area (Å²) in [6.45, 7) is 3.90. The van der Waals surface area contributed by atoms with E-state index >= 15 is 0 Å². The average molecular weight is 256 g/mol. The van der Waals surface area contributed by atoms with Crippen molar-refractivity contribution in [3.63, 3.8) is 0 Å². The van der Waals surface area contributed by atoms with Crippen LogP contribution in [0.1, 0.15) is 23.6 Å². The van der Waals surface area contributed by atoms with Gasteiger partial charge in [0.25, 0.3) is 0 Å². The Morgan fingerprint density at radius 3 is 2.47 bits per heavy atom. The van der Waals surface area contributed by atoms with E-state index in [-0.39, 0.29) is 13.0 Å². The fourth-order valence-electron chi connectivity index (χ4n) is 1.44. The Morgan fingerprint density at radius 1 is 1.35 bits per heavy atom. The van der Waals surface area contributed by atoms with Crippen molar-refractivity contribution < 1.29 is 19.4 Å². The quantitative estimate of drug-likeness (QED) is 0.625. The number of aryl methyl sites for hydroxylation is 1. The normalized spacial score (nSPS) is 12.1. The lowest BCUT2D eigenvalue weighted by Crippen LogP contribution is -2.27. The Labute approximate surface area is 104 Å². The van der Waals surface area contributed by atoms with Crippen LogP contribution in [0.15, 0.2) is 12.1 Å². The number of carbonyl (C=O) groups is 2. The lowest BCUT2D eigenvalue weighted by molar-refractivity contribution is -0.158. The molecule has 0 aromatic carbocycles. The van der Waals surface area contributed by atoms with Crippen LogP contribution in [0, 0.1) is 5.92 Å². The van der Waals surface area contributed by atoms with Gasteiger partial charge >= 0.3 is 11.9 Å². The standard InChI is InChI=1S/C12H16O4S/c1-3-8-5-6-9(17-8)7-10(11(13)14)12(15)16-4-2/h5-6,10H,3-4,7H2,1-2H3,(H,13,14). The van der Waals surface area contributed by atoms with E-state index in [2.05, 4.69) is 0 Å². The molecule has 0 bridgehead atoms. The van der Waals surface area contributed by atoms with Crippen LogP contribution in [-0.2, 0) is 27.2 Å². The Morgan fingerprint density at radius 2 is 2.00 bits per heavy atom. The highest BCUT2D eigenvalue weighted by Crippen LogP contribution is 2.21. The fraction of sp³-hybridized carbons (Fsp3) is 0.500. The van der Waals surface area contributed by atoms with Gasteiger partial charge in [0.05, 0.1) is 6.61 Å². The van der Waals surface area contributed by atoms with Crippen LogP contribution in [0.25, 0.3) is 0 Å². The Kier molecular flexibility index (Phi) is 5.15. The third-order valence-electron chi connectivity index (χ3n) is 2.34. The number of aliphatic carboxylic acids is 1. The molecule has 94 valence electrons. The zero-order chi connectivity index (χ0) is 12.8. The van der Waals surface area contributed by atoms with Gasteiger partial charge in [0.2, 0.25) is 0 Å². The number of carboxylic acids is 1. The summed E-state index contributed by atoms with van der Waals surface area (Å²) in [5.74, 6) is -2.89. The average Bonchev–Trinajstić information content (AvgIpc) is 2.73. The predicted molar refractivity (Wildman–Crippen MR) is 65.2 cm³/mol. The van der Waals surface area contributed by atoms with Gasteiger partial charge < -0.3 is 9.84 Å². The van der Waals surface area contributed by atoms with Gasteiger partial charge in [0.15, 0.2) is 5.92 Å². The van der Waals surface area contributed by atoms with E-state index in [0.29, 0.717) is 0 Å². The van der Waals surface area contributed by atoms with E-state index in [1.165, 1.54) is 4.88 Å². The summed E-state index contributed by atoms with van der Waals surface area (Å²) >= 11 is 1.54. The van der Waals surface area contributed by atoms with Crippen molar-refractivity contribution in [1.82, 2.24) is 0 Å². The van der Waals surface area contributed by atoms with Crippen molar-refractivity contribution in [1.29, 1.82) is 0 Å². The van der Waals surface area contributed by atoms with Gasteiger partial charge in [-0.05, 0) is 25.5 Å². The van der Waals surface area contributed by atoms with E-state index in [1.54, 1.807) is 18.3 Å². The first-order valence-corrected chi connectivity index (χ1v) is 6.37. The third-order valence-corrected chi connectivity index (χ3v) is 3.59. The molecule has 0 amide bonds. The topological polar surface area (TPSA) is 63.6 Å². The number of hydrogen-bond acceptors (Lipinski definition) is 4. The van der Waals surface area contributed by atoms with E-state index < -0.39 is 17.9 Å². The molecule has 0 saturated carbocycles. The Bertz CT molecular complexity index is 397. The minimum absolute atomic E-state index is 0.202.